The van der Waals surface area contributed by atoms with Crippen LogP contribution in [0.1, 0.15) is 40.0 Å². The van der Waals surface area contributed by atoms with Gasteiger partial charge in [-0.2, -0.15) is 0 Å². The summed E-state index contributed by atoms with van der Waals surface area (Å²) in [6, 6.07) is 2.66. The summed E-state index contributed by atoms with van der Waals surface area (Å²) < 4.78 is 0. The first kappa shape index (κ1) is 21.0. The van der Waals surface area contributed by atoms with E-state index in [9.17, 15) is 14.4 Å². The standard InChI is InChI=1S/C18H25N5O3.ClH/c1-11-6-17(2,3)10-18(7-11)15(25)23(16(26)22-18)9-14(24)21-12-4-5-13(19)20-8-12;/h4-5,8,11H,6-7,9-10H2,1-3H3,(H2,19,20)(H,21,24)(H,22,26);1H. The van der Waals surface area contributed by atoms with Gasteiger partial charge in [0.1, 0.15) is 17.9 Å². The van der Waals surface area contributed by atoms with E-state index in [0.717, 1.165) is 11.3 Å². The summed E-state index contributed by atoms with van der Waals surface area (Å²) in [5.41, 5.74) is 5.02. The summed E-state index contributed by atoms with van der Waals surface area (Å²) in [5.74, 6) is -0.112. The van der Waals surface area contributed by atoms with Gasteiger partial charge in [-0.1, -0.05) is 20.8 Å². The van der Waals surface area contributed by atoms with Crippen molar-refractivity contribution in [1.29, 1.82) is 0 Å². The largest absolute Gasteiger partial charge is 0.384 e. The zero-order valence-corrected chi connectivity index (χ0v) is 16.6. The number of aromatic nitrogens is 1. The molecule has 9 heteroatoms. The van der Waals surface area contributed by atoms with Gasteiger partial charge in [-0.3, -0.25) is 14.5 Å². The molecule has 1 spiro atoms. The molecule has 3 rings (SSSR count). The van der Waals surface area contributed by atoms with Crippen LogP contribution in [0.15, 0.2) is 18.3 Å². The van der Waals surface area contributed by atoms with Gasteiger partial charge < -0.3 is 16.4 Å². The van der Waals surface area contributed by atoms with E-state index < -0.39 is 17.5 Å². The first-order valence-electron chi connectivity index (χ1n) is 8.76. The molecule has 2 aliphatic rings. The number of urea groups is 1. The Bertz CT molecular complexity index is 752. The van der Waals surface area contributed by atoms with Crippen molar-refractivity contribution in [1.82, 2.24) is 15.2 Å². The lowest BCUT2D eigenvalue weighted by Gasteiger charge is -2.43. The number of carbonyl (C=O) groups is 3. The molecule has 4 N–H and O–H groups in total. The molecule has 2 atom stereocenters. The molecule has 1 aromatic heterocycles. The Kier molecular flexibility index (Phi) is 5.70. The average Bonchev–Trinajstić information content (AvgIpc) is 2.71. The summed E-state index contributed by atoms with van der Waals surface area (Å²) >= 11 is 0. The maximum atomic E-state index is 13.0. The number of nitrogens with one attached hydrogen (secondary N) is 2. The van der Waals surface area contributed by atoms with Crippen molar-refractivity contribution in [3.63, 3.8) is 0 Å². The second-order valence-corrected chi connectivity index (χ2v) is 8.28. The fourth-order valence-electron chi connectivity index (χ4n) is 4.47. The number of nitrogens with two attached hydrogens (primary N) is 1. The quantitative estimate of drug-likeness (QED) is 0.678. The van der Waals surface area contributed by atoms with Crippen LogP contribution in [-0.2, 0) is 9.59 Å². The summed E-state index contributed by atoms with van der Waals surface area (Å²) in [7, 11) is 0. The molecule has 0 aromatic carbocycles. The van der Waals surface area contributed by atoms with Gasteiger partial charge in [-0.25, -0.2) is 9.78 Å². The summed E-state index contributed by atoms with van der Waals surface area (Å²) in [4.78, 5) is 42.5. The zero-order valence-electron chi connectivity index (χ0n) is 15.7. The summed E-state index contributed by atoms with van der Waals surface area (Å²) in [5, 5.41) is 5.48. The topological polar surface area (TPSA) is 117 Å². The lowest BCUT2D eigenvalue weighted by atomic mass is 9.64. The van der Waals surface area contributed by atoms with Gasteiger partial charge in [-0.15, -0.1) is 12.4 Å². The highest BCUT2D eigenvalue weighted by atomic mass is 35.5. The van der Waals surface area contributed by atoms with E-state index in [1.165, 1.54) is 6.20 Å². The Morgan fingerprint density at radius 3 is 2.67 bits per heavy atom. The van der Waals surface area contributed by atoms with Gasteiger partial charge in [0.15, 0.2) is 0 Å². The van der Waals surface area contributed by atoms with Crippen LogP contribution in [0.25, 0.3) is 0 Å². The van der Waals surface area contributed by atoms with Gasteiger partial charge in [-0.05, 0) is 42.7 Å². The number of rotatable bonds is 3. The molecular weight excluding hydrogens is 370 g/mol. The first-order valence-corrected chi connectivity index (χ1v) is 8.76. The van der Waals surface area contributed by atoms with Crippen molar-refractivity contribution in [3.05, 3.63) is 18.3 Å². The van der Waals surface area contributed by atoms with Gasteiger partial charge >= 0.3 is 6.03 Å². The van der Waals surface area contributed by atoms with Crippen LogP contribution in [0, 0.1) is 11.3 Å². The molecule has 4 amide bonds. The molecule has 1 saturated carbocycles. The molecule has 0 bridgehead atoms. The van der Waals surface area contributed by atoms with E-state index in [-0.39, 0.29) is 30.3 Å². The van der Waals surface area contributed by atoms with E-state index in [0.29, 0.717) is 30.3 Å². The molecule has 2 unspecified atom stereocenters. The minimum atomic E-state index is -0.902. The lowest BCUT2D eigenvalue weighted by Crippen LogP contribution is -2.54. The minimum Gasteiger partial charge on any atom is -0.384 e. The Morgan fingerprint density at radius 2 is 2.07 bits per heavy atom. The van der Waals surface area contributed by atoms with Gasteiger partial charge in [0.05, 0.1) is 11.9 Å². The van der Waals surface area contributed by atoms with E-state index in [1.54, 1.807) is 12.1 Å². The van der Waals surface area contributed by atoms with Crippen LogP contribution in [0.2, 0.25) is 0 Å². The number of nitrogens with zero attached hydrogens (tertiary/aromatic N) is 2. The van der Waals surface area contributed by atoms with Gasteiger partial charge in [0.25, 0.3) is 5.91 Å². The van der Waals surface area contributed by atoms with E-state index >= 15 is 0 Å². The Balaban J connectivity index is 0.00000261. The number of halogens is 1. The molecule has 2 fully saturated rings. The van der Waals surface area contributed by atoms with Crippen molar-refractivity contribution in [3.8, 4) is 0 Å². The maximum Gasteiger partial charge on any atom is 0.325 e. The van der Waals surface area contributed by atoms with Crippen LogP contribution in [0.4, 0.5) is 16.3 Å². The van der Waals surface area contributed by atoms with Crippen LogP contribution < -0.4 is 16.4 Å². The number of hydrogen-bond donors (Lipinski definition) is 3. The molecule has 8 nitrogen and oxygen atoms in total. The number of imide groups is 1. The highest BCUT2D eigenvalue weighted by Crippen LogP contribution is 2.46. The normalized spacial score (nSPS) is 26.5. The van der Waals surface area contributed by atoms with Crippen molar-refractivity contribution in [2.45, 2.75) is 45.6 Å². The molecule has 2 heterocycles. The number of carbonyl (C=O) groups excluding carboxylic acids is 3. The molecule has 148 valence electrons. The van der Waals surface area contributed by atoms with Crippen LogP contribution in [-0.4, -0.2) is 39.8 Å². The molecular formula is C18H26ClN5O3. The van der Waals surface area contributed by atoms with Crippen molar-refractivity contribution >= 4 is 41.8 Å². The van der Waals surface area contributed by atoms with E-state index in [1.807, 2.05) is 0 Å². The number of nitrogen functional groups attached to an aromatic ring is 1. The third-order valence-electron chi connectivity index (χ3n) is 5.00. The monoisotopic (exact) mass is 395 g/mol. The molecule has 0 radical (unpaired) electrons. The Morgan fingerprint density at radius 1 is 1.37 bits per heavy atom. The molecule has 1 saturated heterocycles. The molecule has 1 aliphatic carbocycles. The molecule has 27 heavy (non-hydrogen) atoms. The highest BCUT2D eigenvalue weighted by molar-refractivity contribution is 6.10. The number of amides is 4. The van der Waals surface area contributed by atoms with Gasteiger partial charge in [0.2, 0.25) is 5.91 Å². The van der Waals surface area contributed by atoms with E-state index in [2.05, 4.69) is 36.4 Å². The highest BCUT2D eigenvalue weighted by Gasteiger charge is 2.56. The SMILES string of the molecule is CC1CC(C)(C)CC2(C1)NC(=O)N(CC(=O)Nc1ccc(N)nc1)C2=O.Cl. The smallest absolute Gasteiger partial charge is 0.325 e. The predicted molar refractivity (Wildman–Crippen MR) is 104 cm³/mol. The Labute approximate surface area is 164 Å². The molecule has 1 aliphatic heterocycles. The Hall–Kier alpha value is -2.35. The average molecular weight is 396 g/mol. The van der Waals surface area contributed by atoms with Gasteiger partial charge in [0, 0.05) is 0 Å². The van der Waals surface area contributed by atoms with Crippen molar-refractivity contribution < 1.29 is 14.4 Å². The minimum absolute atomic E-state index is 0. The first-order chi connectivity index (χ1) is 12.1. The van der Waals surface area contributed by atoms with Crippen molar-refractivity contribution in [2.75, 3.05) is 17.6 Å². The zero-order chi connectivity index (χ0) is 19.1. The van der Waals surface area contributed by atoms with Crippen LogP contribution >= 0.6 is 12.4 Å². The number of hydrogen-bond acceptors (Lipinski definition) is 5. The maximum absolute atomic E-state index is 13.0. The third-order valence-corrected chi connectivity index (χ3v) is 5.00. The molecule has 1 aromatic rings. The van der Waals surface area contributed by atoms with Crippen LogP contribution in [0.3, 0.4) is 0 Å². The second-order valence-electron chi connectivity index (χ2n) is 8.28. The summed E-state index contributed by atoms with van der Waals surface area (Å²) in [6.45, 7) is 5.97. The second kappa shape index (κ2) is 7.34. The van der Waals surface area contributed by atoms with E-state index in [4.69, 9.17) is 5.73 Å². The third kappa shape index (κ3) is 4.32. The van der Waals surface area contributed by atoms with Crippen LogP contribution in [0.5, 0.6) is 0 Å². The number of anilines is 2. The predicted octanol–water partition coefficient (Wildman–Crippen LogP) is 2.16. The fourth-order valence-corrected chi connectivity index (χ4v) is 4.47. The summed E-state index contributed by atoms with van der Waals surface area (Å²) in [6.07, 6.45) is 3.60. The number of pyridine rings is 1. The fraction of sp³-hybridized carbons (Fsp3) is 0.556. The van der Waals surface area contributed by atoms with Crippen molar-refractivity contribution in [2.24, 2.45) is 11.3 Å². The lowest BCUT2D eigenvalue weighted by molar-refractivity contribution is -0.136.